The number of pyridine rings is 1. The van der Waals surface area contributed by atoms with E-state index in [0.717, 1.165) is 16.6 Å². The van der Waals surface area contributed by atoms with Gasteiger partial charge in [0.05, 0.1) is 17.4 Å². The van der Waals surface area contributed by atoms with Crippen molar-refractivity contribution in [3.8, 4) is 0 Å². The summed E-state index contributed by atoms with van der Waals surface area (Å²) in [4.78, 5) is 24.7. The zero-order valence-electron chi connectivity index (χ0n) is 10.4. The summed E-state index contributed by atoms with van der Waals surface area (Å²) in [6, 6.07) is 9.21. The number of rotatable bonds is 2. The van der Waals surface area contributed by atoms with Gasteiger partial charge in [-0.3, -0.25) is 14.8 Å². The molecular weight excluding hydrogens is 238 g/mol. The first-order chi connectivity index (χ1) is 9.24. The molecule has 0 radical (unpaired) electrons. The van der Waals surface area contributed by atoms with Crippen LogP contribution in [-0.2, 0) is 0 Å². The maximum Gasteiger partial charge on any atom is 0.212 e. The fourth-order valence-corrected chi connectivity index (χ4v) is 1.87. The van der Waals surface area contributed by atoms with Crippen LogP contribution in [-0.4, -0.2) is 20.7 Å². The second-order valence-electron chi connectivity index (χ2n) is 4.28. The summed E-state index contributed by atoms with van der Waals surface area (Å²) < 4.78 is 0. The fourth-order valence-electron chi connectivity index (χ4n) is 1.87. The van der Waals surface area contributed by atoms with Gasteiger partial charge in [0.1, 0.15) is 5.69 Å². The largest absolute Gasteiger partial charge is 0.287 e. The highest BCUT2D eigenvalue weighted by atomic mass is 16.1. The first-order valence-corrected chi connectivity index (χ1v) is 5.92. The maximum absolute atomic E-state index is 12.3. The van der Waals surface area contributed by atoms with Gasteiger partial charge < -0.3 is 0 Å². The predicted octanol–water partition coefficient (Wildman–Crippen LogP) is 2.56. The van der Waals surface area contributed by atoms with Crippen LogP contribution in [0.5, 0.6) is 0 Å². The van der Waals surface area contributed by atoms with Gasteiger partial charge in [0.25, 0.3) is 0 Å². The molecule has 2 heterocycles. The molecule has 0 aliphatic carbocycles. The van der Waals surface area contributed by atoms with Crippen LogP contribution in [0.3, 0.4) is 0 Å². The third-order valence-electron chi connectivity index (χ3n) is 2.88. The molecule has 19 heavy (non-hydrogen) atoms. The van der Waals surface area contributed by atoms with Crippen molar-refractivity contribution in [1.29, 1.82) is 0 Å². The van der Waals surface area contributed by atoms with Gasteiger partial charge in [-0.15, -0.1) is 0 Å². The van der Waals surface area contributed by atoms with Gasteiger partial charge in [-0.05, 0) is 31.2 Å². The molecule has 4 heteroatoms. The lowest BCUT2D eigenvalue weighted by Crippen LogP contribution is -2.05. The molecule has 0 aliphatic heterocycles. The zero-order chi connectivity index (χ0) is 13.2. The van der Waals surface area contributed by atoms with Crippen LogP contribution >= 0.6 is 0 Å². The smallest absolute Gasteiger partial charge is 0.212 e. The van der Waals surface area contributed by atoms with Crippen LogP contribution in [0.15, 0.2) is 48.9 Å². The molecule has 92 valence electrons. The Labute approximate surface area is 110 Å². The van der Waals surface area contributed by atoms with E-state index < -0.39 is 0 Å². The van der Waals surface area contributed by atoms with Crippen molar-refractivity contribution >= 4 is 16.7 Å². The van der Waals surface area contributed by atoms with Gasteiger partial charge in [-0.1, -0.05) is 6.07 Å². The summed E-state index contributed by atoms with van der Waals surface area (Å²) in [6.45, 7) is 1.84. The average Bonchev–Trinajstić information content (AvgIpc) is 2.47. The molecule has 3 rings (SSSR count). The number of carbonyl (C=O) groups is 1. The second kappa shape index (κ2) is 4.57. The Kier molecular flexibility index (Phi) is 2.76. The van der Waals surface area contributed by atoms with Crippen molar-refractivity contribution in [3.05, 3.63) is 65.9 Å². The Morgan fingerprint density at radius 2 is 1.95 bits per heavy atom. The van der Waals surface area contributed by atoms with Gasteiger partial charge in [0.15, 0.2) is 0 Å². The lowest BCUT2D eigenvalue weighted by Gasteiger charge is -2.02. The first-order valence-electron chi connectivity index (χ1n) is 5.92. The van der Waals surface area contributed by atoms with Gasteiger partial charge in [0.2, 0.25) is 5.78 Å². The summed E-state index contributed by atoms with van der Waals surface area (Å²) in [5.41, 5.74) is 2.61. The van der Waals surface area contributed by atoms with E-state index >= 15 is 0 Å². The molecule has 0 saturated heterocycles. The number of carbonyl (C=O) groups excluding carboxylic acids is 1. The molecule has 0 spiro atoms. The quantitative estimate of drug-likeness (QED) is 0.655. The number of hydrogen-bond acceptors (Lipinski definition) is 4. The van der Waals surface area contributed by atoms with Crippen LogP contribution in [0.2, 0.25) is 0 Å². The SMILES string of the molecule is Cc1cnc(C(=O)c2ccc3ncccc3c2)cn1. The molecule has 0 N–H and O–H groups in total. The monoisotopic (exact) mass is 249 g/mol. The number of aryl methyl sites for hydroxylation is 1. The van der Waals surface area contributed by atoms with Crippen LogP contribution in [0.25, 0.3) is 10.9 Å². The van der Waals surface area contributed by atoms with Crippen molar-refractivity contribution < 1.29 is 4.79 Å². The molecule has 0 atom stereocenters. The molecule has 2 aromatic heterocycles. The molecule has 0 aliphatic rings. The van der Waals surface area contributed by atoms with E-state index in [4.69, 9.17) is 0 Å². The van der Waals surface area contributed by atoms with Gasteiger partial charge >= 0.3 is 0 Å². The Morgan fingerprint density at radius 3 is 2.74 bits per heavy atom. The van der Waals surface area contributed by atoms with Crippen molar-refractivity contribution in [2.75, 3.05) is 0 Å². The average molecular weight is 249 g/mol. The number of aromatic nitrogens is 3. The number of nitrogens with zero attached hydrogens (tertiary/aromatic N) is 3. The van der Waals surface area contributed by atoms with E-state index in [9.17, 15) is 4.79 Å². The number of ketones is 1. The number of benzene rings is 1. The summed E-state index contributed by atoms with van der Waals surface area (Å²) in [7, 11) is 0. The molecule has 0 bridgehead atoms. The highest BCUT2D eigenvalue weighted by Gasteiger charge is 2.11. The van der Waals surface area contributed by atoms with Crippen molar-refractivity contribution in [1.82, 2.24) is 15.0 Å². The third-order valence-corrected chi connectivity index (χ3v) is 2.88. The summed E-state index contributed by atoms with van der Waals surface area (Å²) in [6.07, 6.45) is 4.83. The van der Waals surface area contributed by atoms with E-state index in [1.807, 2.05) is 31.2 Å². The van der Waals surface area contributed by atoms with Crippen molar-refractivity contribution in [2.45, 2.75) is 6.92 Å². The maximum atomic E-state index is 12.3. The molecule has 3 aromatic rings. The topological polar surface area (TPSA) is 55.7 Å². The minimum atomic E-state index is -0.127. The van der Waals surface area contributed by atoms with Gasteiger partial charge in [-0.25, -0.2) is 4.98 Å². The Bertz CT molecular complexity index is 751. The van der Waals surface area contributed by atoms with Crippen LogP contribution in [0.4, 0.5) is 0 Å². The molecule has 0 amide bonds. The molecule has 0 fully saturated rings. The summed E-state index contributed by atoms with van der Waals surface area (Å²) in [5, 5.41) is 0.938. The van der Waals surface area contributed by atoms with Gasteiger partial charge in [-0.2, -0.15) is 0 Å². The molecule has 0 unspecified atom stereocenters. The lowest BCUT2D eigenvalue weighted by molar-refractivity contribution is 0.103. The second-order valence-corrected chi connectivity index (χ2v) is 4.28. The normalized spacial score (nSPS) is 10.6. The summed E-state index contributed by atoms with van der Waals surface area (Å²) >= 11 is 0. The number of fused-ring (bicyclic) bond motifs is 1. The van der Waals surface area contributed by atoms with Crippen molar-refractivity contribution in [3.63, 3.8) is 0 Å². The van der Waals surface area contributed by atoms with E-state index in [-0.39, 0.29) is 5.78 Å². The highest BCUT2D eigenvalue weighted by molar-refractivity contribution is 6.09. The first kappa shape index (κ1) is 11.5. The van der Waals surface area contributed by atoms with E-state index in [1.165, 1.54) is 6.20 Å². The lowest BCUT2D eigenvalue weighted by atomic mass is 10.1. The predicted molar refractivity (Wildman–Crippen MR) is 71.9 cm³/mol. The minimum Gasteiger partial charge on any atom is -0.287 e. The minimum absolute atomic E-state index is 0.127. The third kappa shape index (κ3) is 2.20. The van der Waals surface area contributed by atoms with E-state index in [2.05, 4.69) is 15.0 Å². The van der Waals surface area contributed by atoms with Gasteiger partial charge in [0, 0.05) is 23.3 Å². The molecular formula is C15H11N3O. The molecule has 0 saturated carbocycles. The van der Waals surface area contributed by atoms with Crippen LogP contribution in [0.1, 0.15) is 21.7 Å². The Morgan fingerprint density at radius 1 is 1.05 bits per heavy atom. The van der Waals surface area contributed by atoms with E-state index in [0.29, 0.717) is 11.3 Å². The van der Waals surface area contributed by atoms with Crippen LogP contribution < -0.4 is 0 Å². The standard InChI is InChI=1S/C15H11N3O/c1-10-8-18-14(9-17-10)15(19)12-4-5-13-11(7-12)3-2-6-16-13/h2-9H,1H3. The van der Waals surface area contributed by atoms with E-state index in [1.54, 1.807) is 18.5 Å². The Balaban J connectivity index is 2.04. The highest BCUT2D eigenvalue weighted by Crippen LogP contribution is 2.15. The fraction of sp³-hybridized carbons (Fsp3) is 0.0667. The zero-order valence-corrected chi connectivity index (χ0v) is 10.4. The van der Waals surface area contributed by atoms with Crippen LogP contribution in [0, 0.1) is 6.92 Å². The Hall–Kier alpha value is -2.62. The molecule has 1 aromatic carbocycles. The molecule has 4 nitrogen and oxygen atoms in total. The summed E-state index contributed by atoms with van der Waals surface area (Å²) in [5.74, 6) is -0.127. The number of hydrogen-bond donors (Lipinski definition) is 0. The van der Waals surface area contributed by atoms with Crippen molar-refractivity contribution in [2.24, 2.45) is 0 Å².